The normalized spacial score (nSPS) is 39.1. The molecule has 30 nitrogen and oxygen atoms in total. The van der Waals surface area contributed by atoms with Crippen molar-refractivity contribution >= 4 is 45.8 Å². The van der Waals surface area contributed by atoms with Gasteiger partial charge in [0.05, 0.1) is 107 Å². The van der Waals surface area contributed by atoms with E-state index >= 15 is 9.59 Å². The number of phenolic OH excluding ortho intramolecular Hbond substituents is 4. The number of likely N-dealkylation sites (N-methyl/N-ethyl adjacent to an activating group) is 2. The lowest BCUT2D eigenvalue weighted by atomic mass is 9.54. The summed E-state index contributed by atoms with van der Waals surface area (Å²) in [5.41, 5.74) is 10.3. The van der Waals surface area contributed by atoms with Crippen molar-refractivity contribution < 1.29 is 117 Å². The SMILES string of the molecule is CC[C@@]1(OC2CC(OC)C(O)C(C)O2)[C@H](OC2CC(O)C(N(C)C)C(C)O2)C2=C(C(=O)[C@@H]1[C@H]1C(=O)C3=C(C(N=[N-])c4c(O)c5c(c(O)c43)C(=O)C=CC5=O)[C@@H](O[C@H]3CC(O)[C@H](N(C)C)C(C)O3)[C@@]1(CC)OC1CC(OC)C(O)C(C)O1)c1c(O)c3c(c(O)c1C2N=[N-])C(=O)C=CC3=O. The van der Waals surface area contributed by atoms with E-state index in [-0.39, 0.29) is 25.7 Å². The van der Waals surface area contributed by atoms with Crippen LogP contribution in [-0.4, -0.2) is 249 Å². The van der Waals surface area contributed by atoms with E-state index in [1.807, 2.05) is 0 Å². The number of fused-ring (bicyclic) bond motifs is 6. The van der Waals surface area contributed by atoms with E-state index in [9.17, 15) is 71.1 Å². The lowest BCUT2D eigenvalue weighted by Gasteiger charge is -2.59. The van der Waals surface area contributed by atoms with Gasteiger partial charge in [0.15, 0.2) is 59.9 Å². The molecule has 98 heavy (non-hydrogen) atoms. The zero-order valence-corrected chi connectivity index (χ0v) is 56.0. The molecule has 12 rings (SSSR count). The fourth-order valence-electron chi connectivity index (χ4n) is 17.6. The summed E-state index contributed by atoms with van der Waals surface area (Å²) < 4.78 is 67.7. The summed E-state index contributed by atoms with van der Waals surface area (Å²) in [7, 11) is 9.50. The maximum atomic E-state index is 17.9. The minimum atomic E-state index is -2.64. The number of aliphatic hydroxyl groups excluding tert-OH is 4. The number of hydrogen-bond acceptors (Lipinski definition) is 28. The molecule has 16 unspecified atom stereocenters. The van der Waals surface area contributed by atoms with E-state index < -0.39 is 283 Å². The Bertz CT molecular complexity index is 3560. The summed E-state index contributed by atoms with van der Waals surface area (Å²) in [6, 6.07) is -5.45. The third-order valence-electron chi connectivity index (χ3n) is 21.9. The molecule has 0 radical (unpaired) electrons. The molecule has 0 bridgehead atoms. The average Bonchev–Trinajstić information content (AvgIpc) is 1.41. The average molecular weight is 1370 g/mol. The molecule has 4 fully saturated rings. The first-order valence-electron chi connectivity index (χ1n) is 32.9. The first-order chi connectivity index (χ1) is 46.4. The standard InChI is InChI=1S/C68H82N6O24/c1-13-67(97-37-21-33(89-11)57(81)25(5)93-37)51(63(87)45-43-47(61(85)41-29(77)17-15-27(75)39(41)59(43)83)53(71-69)49(45)65(67)95-35-19-31(79)55(73(7)8)23(3)91-35)52-64(88)46-44-48(62(86)42-30(78)18-16-28(76)40(42)60(44)84)54(72-70)50(46)66(96-36-20-32(80)56(74(9)10)24(4)92-36)68(52,14-2)98-38-22-34(90-12)58(82)26(6)94-38/h15-18,23-26,31-38,51-58,65-66,79-86H,13-14,19-22H2,1-12H3/q-2/t23?,24?,25?,26?,31?,32?,33?,34?,35-,36?,37?,38?,51-,52-,53?,54?,55+,56?,57?,58?,65+,66+,67-,68-/m0/s1. The molecule has 4 heterocycles. The molecule has 30 heteroatoms. The quantitative estimate of drug-likeness (QED) is 0.0816. The van der Waals surface area contributed by atoms with Gasteiger partial charge in [-0.15, -0.1) is 0 Å². The first kappa shape index (κ1) is 71.0. The van der Waals surface area contributed by atoms with E-state index in [0.717, 1.165) is 24.3 Å². The highest BCUT2D eigenvalue weighted by molar-refractivity contribution is 6.34. The Morgan fingerprint density at radius 2 is 0.806 bits per heavy atom. The van der Waals surface area contributed by atoms with E-state index in [2.05, 4.69) is 10.2 Å². The van der Waals surface area contributed by atoms with Crippen molar-refractivity contribution in [3.8, 4) is 23.0 Å². The van der Waals surface area contributed by atoms with Crippen molar-refractivity contribution in [2.75, 3.05) is 42.4 Å². The van der Waals surface area contributed by atoms with Gasteiger partial charge in [0.2, 0.25) is 0 Å². The Labute approximate surface area is 563 Å². The summed E-state index contributed by atoms with van der Waals surface area (Å²) >= 11 is 0. The number of aromatic hydroxyl groups is 4. The maximum Gasteiger partial charge on any atom is 0.190 e. The molecule has 530 valence electrons. The Kier molecular flexibility index (Phi) is 19.0. The van der Waals surface area contributed by atoms with Crippen LogP contribution in [-0.2, 0) is 57.0 Å². The summed E-state index contributed by atoms with van der Waals surface area (Å²) in [5, 5.41) is 106. The summed E-state index contributed by atoms with van der Waals surface area (Å²) in [4.78, 5) is 95.4. The Morgan fingerprint density at radius 1 is 0.490 bits per heavy atom. The number of aliphatic hydroxyl groups is 4. The largest absolute Gasteiger partial charge is 0.711 e. The maximum absolute atomic E-state index is 17.9. The number of ether oxygens (including phenoxy) is 10. The second-order valence-corrected chi connectivity index (χ2v) is 27.5. The zero-order chi connectivity index (χ0) is 71.1. The van der Waals surface area contributed by atoms with Crippen LogP contribution in [0.5, 0.6) is 23.0 Å². The van der Waals surface area contributed by atoms with Crippen molar-refractivity contribution in [3.05, 3.63) is 91.0 Å². The highest BCUT2D eigenvalue weighted by Gasteiger charge is 2.73. The highest BCUT2D eigenvalue weighted by Crippen LogP contribution is 2.67. The van der Waals surface area contributed by atoms with Gasteiger partial charge in [0.25, 0.3) is 0 Å². The van der Waals surface area contributed by atoms with Crippen molar-refractivity contribution in [1.29, 1.82) is 0 Å². The van der Waals surface area contributed by atoms with Gasteiger partial charge in [-0.1, -0.05) is 13.8 Å². The van der Waals surface area contributed by atoms with Gasteiger partial charge in [-0.2, -0.15) is 0 Å². The van der Waals surface area contributed by atoms with Crippen LogP contribution in [0.3, 0.4) is 0 Å². The van der Waals surface area contributed by atoms with Crippen molar-refractivity contribution in [1.82, 2.24) is 9.80 Å². The number of hydrogen-bond donors (Lipinski definition) is 8. The lowest BCUT2D eigenvalue weighted by molar-refractivity contribution is -0.345. The number of nitrogens with zero attached hydrogens (tertiary/aromatic N) is 6. The molecule has 10 aliphatic rings. The molecular weight excluding hydrogens is 1280 g/mol. The van der Waals surface area contributed by atoms with Gasteiger partial charge < -0.3 is 119 Å². The summed E-state index contributed by atoms with van der Waals surface area (Å²) in [5.74, 6) is -15.3. The molecule has 0 saturated carbocycles. The van der Waals surface area contributed by atoms with Crippen LogP contribution in [0, 0.1) is 11.8 Å². The van der Waals surface area contributed by atoms with Crippen LogP contribution in [0.25, 0.3) is 22.2 Å². The van der Waals surface area contributed by atoms with E-state index in [1.54, 1.807) is 51.8 Å². The van der Waals surface area contributed by atoms with Gasteiger partial charge in [0.1, 0.15) is 58.6 Å². The smallest absolute Gasteiger partial charge is 0.190 e. The summed E-state index contributed by atoms with van der Waals surface area (Å²) in [6.07, 6.45) is -20.9. The van der Waals surface area contributed by atoms with Crippen molar-refractivity contribution in [3.63, 3.8) is 0 Å². The number of Topliss-reactive ketones (excluding diaryl/α,β-unsaturated/α-hetero) is 2. The Hall–Kier alpha value is -6.82. The number of carbonyl (C=O) groups excluding carboxylic acids is 6. The van der Waals surface area contributed by atoms with Crippen LogP contribution in [0.1, 0.15) is 156 Å². The second kappa shape index (κ2) is 26.3. The molecule has 0 amide bonds. The molecule has 0 spiro atoms. The molecule has 8 N–H and O–H groups in total. The predicted molar refractivity (Wildman–Crippen MR) is 337 cm³/mol. The van der Waals surface area contributed by atoms with Gasteiger partial charge in [-0.3, -0.25) is 28.8 Å². The molecule has 6 aliphatic carbocycles. The topological polar surface area (TPSA) is 432 Å². The molecule has 4 aliphatic heterocycles. The Balaban J connectivity index is 1.22. The predicted octanol–water partition coefficient (Wildman–Crippen LogP) is 4.11. The van der Waals surface area contributed by atoms with Crippen molar-refractivity contribution in [2.45, 2.75) is 214 Å². The molecule has 2 aromatic carbocycles. The number of allylic oxidation sites excluding steroid dienone is 6. The van der Waals surface area contributed by atoms with E-state index in [4.69, 9.17) is 47.4 Å². The summed E-state index contributed by atoms with van der Waals surface area (Å²) in [6.45, 7) is 9.38. The number of benzene rings is 2. The van der Waals surface area contributed by atoms with Crippen LogP contribution in [0.2, 0.25) is 0 Å². The van der Waals surface area contributed by atoms with Crippen LogP contribution < -0.4 is 0 Å². The lowest BCUT2D eigenvalue weighted by Crippen LogP contribution is -2.71. The minimum Gasteiger partial charge on any atom is -0.711 e. The van der Waals surface area contributed by atoms with Gasteiger partial charge >= 0.3 is 0 Å². The molecule has 2 aromatic rings. The Morgan fingerprint density at radius 3 is 1.09 bits per heavy atom. The number of methoxy groups -OCH3 is 2. The number of rotatable bonds is 17. The fourth-order valence-corrected chi connectivity index (χ4v) is 17.6. The molecule has 4 saturated heterocycles. The number of phenols is 4. The fraction of sp³-hybridized carbons (Fsp3) is 0.618. The zero-order valence-electron chi connectivity index (χ0n) is 56.0. The van der Waals surface area contributed by atoms with E-state index in [1.165, 1.54) is 41.9 Å². The first-order valence-corrected chi connectivity index (χ1v) is 32.9. The van der Waals surface area contributed by atoms with Crippen LogP contribution >= 0.6 is 0 Å². The van der Waals surface area contributed by atoms with Crippen molar-refractivity contribution in [2.24, 2.45) is 22.1 Å². The van der Waals surface area contributed by atoms with E-state index in [0.29, 0.717) is 0 Å². The molecule has 0 aromatic heterocycles. The highest BCUT2D eigenvalue weighted by atomic mass is 16.7. The molecular formula is C68H82N6O24-2. The monoisotopic (exact) mass is 1370 g/mol. The minimum absolute atomic E-state index is 0.341. The van der Waals surface area contributed by atoms with Crippen LogP contribution in [0.15, 0.2) is 45.7 Å². The second-order valence-electron chi connectivity index (χ2n) is 27.5. The van der Waals surface area contributed by atoms with Gasteiger partial charge in [-0.25, -0.2) is 0 Å². The third kappa shape index (κ3) is 10.6. The molecule has 24 atom stereocenters. The van der Waals surface area contributed by atoms with Gasteiger partial charge in [0, 0.05) is 84.4 Å². The number of ketones is 6. The number of carbonyl (C=O) groups is 6. The van der Waals surface area contributed by atoms with Crippen LogP contribution in [0.4, 0.5) is 0 Å². The third-order valence-corrected chi connectivity index (χ3v) is 21.9. The van der Waals surface area contributed by atoms with Gasteiger partial charge in [-0.05, 0) is 93.0 Å².